The molecule has 0 saturated heterocycles. The van der Waals surface area contributed by atoms with Crippen LogP contribution in [-0.4, -0.2) is 11.7 Å². The van der Waals surface area contributed by atoms with E-state index < -0.39 is 0 Å². The topological polar surface area (TPSA) is 30.2 Å². The molecule has 1 atom stereocenters. The summed E-state index contributed by atoms with van der Waals surface area (Å²) >= 11 is 5.75. The molecule has 0 N–H and O–H groups in total. The fourth-order valence-corrected chi connectivity index (χ4v) is 1.63. The van der Waals surface area contributed by atoms with Crippen molar-refractivity contribution in [2.24, 2.45) is 0 Å². The standard InChI is InChI=1S/C11H8ClFO2/c12-7-1-3-9(10(13)5-7)11-4-2-8(6-14)15-11/h1-4,6-7H,5H2. The van der Waals surface area contributed by atoms with Crippen LogP contribution in [0.1, 0.15) is 22.7 Å². The van der Waals surface area contributed by atoms with E-state index in [1.807, 2.05) is 0 Å². The van der Waals surface area contributed by atoms with Gasteiger partial charge in [-0.2, -0.15) is 0 Å². The number of allylic oxidation sites excluding steroid dienone is 4. The Hall–Kier alpha value is -1.35. The van der Waals surface area contributed by atoms with Gasteiger partial charge in [-0.1, -0.05) is 12.2 Å². The van der Waals surface area contributed by atoms with E-state index in [1.165, 1.54) is 6.07 Å². The third-order valence-electron chi connectivity index (χ3n) is 2.15. The van der Waals surface area contributed by atoms with Crippen LogP contribution in [0.3, 0.4) is 0 Å². The van der Waals surface area contributed by atoms with Crippen LogP contribution >= 0.6 is 11.6 Å². The highest BCUT2D eigenvalue weighted by atomic mass is 35.5. The predicted molar refractivity (Wildman–Crippen MR) is 55.5 cm³/mol. The van der Waals surface area contributed by atoms with Crippen molar-refractivity contribution in [1.29, 1.82) is 0 Å². The molecule has 0 aliphatic heterocycles. The minimum Gasteiger partial charge on any atom is -0.453 e. The minimum atomic E-state index is -0.315. The van der Waals surface area contributed by atoms with E-state index in [9.17, 15) is 9.18 Å². The lowest BCUT2D eigenvalue weighted by Crippen LogP contribution is -2.00. The second-order valence-corrected chi connectivity index (χ2v) is 3.78. The maximum atomic E-state index is 13.5. The van der Waals surface area contributed by atoms with Gasteiger partial charge < -0.3 is 4.42 Å². The molecule has 1 aliphatic carbocycles. The summed E-state index contributed by atoms with van der Waals surface area (Å²) in [7, 11) is 0. The third-order valence-corrected chi connectivity index (χ3v) is 2.45. The summed E-state index contributed by atoms with van der Waals surface area (Å²) in [5.74, 6) is 0.227. The van der Waals surface area contributed by atoms with Crippen molar-refractivity contribution < 1.29 is 13.6 Å². The first-order valence-electron chi connectivity index (χ1n) is 4.47. The highest BCUT2D eigenvalue weighted by molar-refractivity contribution is 6.22. The van der Waals surface area contributed by atoms with Gasteiger partial charge in [0.15, 0.2) is 12.0 Å². The number of rotatable bonds is 2. The van der Waals surface area contributed by atoms with Crippen LogP contribution < -0.4 is 0 Å². The highest BCUT2D eigenvalue weighted by Crippen LogP contribution is 2.31. The molecule has 0 spiro atoms. The fraction of sp³-hybridized carbons (Fsp3) is 0.182. The molecule has 1 unspecified atom stereocenters. The van der Waals surface area contributed by atoms with Crippen molar-refractivity contribution >= 4 is 23.5 Å². The van der Waals surface area contributed by atoms with Crippen molar-refractivity contribution in [3.8, 4) is 0 Å². The van der Waals surface area contributed by atoms with Crippen molar-refractivity contribution in [1.82, 2.24) is 0 Å². The summed E-state index contributed by atoms with van der Waals surface area (Å²) in [6, 6.07) is 3.07. The molecule has 0 saturated carbocycles. The average molecular weight is 227 g/mol. The SMILES string of the molecule is O=Cc1ccc(C2=C(F)CC(Cl)C=C2)o1. The number of hydrogen-bond donors (Lipinski definition) is 0. The highest BCUT2D eigenvalue weighted by Gasteiger charge is 2.17. The van der Waals surface area contributed by atoms with Gasteiger partial charge in [0.2, 0.25) is 0 Å². The van der Waals surface area contributed by atoms with Gasteiger partial charge in [0.25, 0.3) is 0 Å². The van der Waals surface area contributed by atoms with Crippen LogP contribution in [0.4, 0.5) is 4.39 Å². The molecule has 2 nitrogen and oxygen atoms in total. The Morgan fingerprint density at radius 2 is 2.33 bits per heavy atom. The molecule has 0 bridgehead atoms. The summed E-state index contributed by atoms with van der Waals surface area (Å²) < 4.78 is 18.6. The van der Waals surface area contributed by atoms with Gasteiger partial charge in [-0.3, -0.25) is 4.79 Å². The van der Waals surface area contributed by atoms with E-state index in [4.69, 9.17) is 16.0 Å². The van der Waals surface area contributed by atoms with E-state index in [0.29, 0.717) is 17.6 Å². The maximum absolute atomic E-state index is 13.5. The Balaban J connectivity index is 2.35. The first-order valence-corrected chi connectivity index (χ1v) is 4.90. The molecule has 78 valence electrons. The van der Waals surface area contributed by atoms with Crippen molar-refractivity contribution in [2.75, 3.05) is 0 Å². The third kappa shape index (κ3) is 2.02. The zero-order valence-corrected chi connectivity index (χ0v) is 8.50. The molecule has 2 rings (SSSR count). The molecule has 0 fully saturated rings. The minimum absolute atomic E-state index is 0.157. The molecule has 15 heavy (non-hydrogen) atoms. The molecule has 0 radical (unpaired) electrons. The van der Waals surface area contributed by atoms with Crippen molar-refractivity contribution in [3.05, 3.63) is 41.6 Å². The maximum Gasteiger partial charge on any atom is 0.185 e. The van der Waals surface area contributed by atoms with Crippen LogP contribution in [0.5, 0.6) is 0 Å². The first kappa shape index (κ1) is 10.2. The monoisotopic (exact) mass is 226 g/mol. The van der Waals surface area contributed by atoms with Crippen LogP contribution in [0.25, 0.3) is 5.57 Å². The number of halogens is 2. The molecular formula is C11H8ClFO2. The average Bonchev–Trinajstić information content (AvgIpc) is 2.66. The Morgan fingerprint density at radius 3 is 2.93 bits per heavy atom. The summed E-state index contributed by atoms with van der Waals surface area (Å²) in [5, 5.41) is -0.311. The van der Waals surface area contributed by atoms with E-state index in [2.05, 4.69) is 0 Å². The summed E-state index contributed by atoms with van der Waals surface area (Å²) in [4.78, 5) is 10.4. The Bertz CT molecular complexity index is 445. The molecule has 1 aromatic rings. The lowest BCUT2D eigenvalue weighted by molar-refractivity contribution is 0.110. The molecule has 1 aliphatic rings. The molecule has 0 aromatic carbocycles. The van der Waals surface area contributed by atoms with E-state index in [1.54, 1.807) is 18.2 Å². The van der Waals surface area contributed by atoms with Crippen LogP contribution in [-0.2, 0) is 0 Å². The number of aldehydes is 1. The molecule has 0 amide bonds. The van der Waals surface area contributed by atoms with Gasteiger partial charge in [-0.25, -0.2) is 4.39 Å². The van der Waals surface area contributed by atoms with Gasteiger partial charge in [0.1, 0.15) is 11.6 Å². The van der Waals surface area contributed by atoms with Gasteiger partial charge in [-0.15, -0.1) is 11.6 Å². The van der Waals surface area contributed by atoms with Crippen LogP contribution in [0, 0.1) is 0 Å². The zero-order valence-electron chi connectivity index (χ0n) is 7.74. The Labute approximate surface area is 91.0 Å². The second-order valence-electron chi connectivity index (χ2n) is 3.22. The van der Waals surface area contributed by atoms with Gasteiger partial charge in [0.05, 0.1) is 5.38 Å². The summed E-state index contributed by atoms with van der Waals surface area (Å²) in [5.41, 5.74) is 0.361. The zero-order chi connectivity index (χ0) is 10.8. The predicted octanol–water partition coefficient (Wildman–Crippen LogP) is 3.34. The van der Waals surface area contributed by atoms with E-state index in [-0.39, 0.29) is 23.4 Å². The Kier molecular flexibility index (Phi) is 2.73. The Morgan fingerprint density at radius 1 is 1.53 bits per heavy atom. The lowest BCUT2D eigenvalue weighted by Gasteiger charge is -2.10. The molecule has 1 heterocycles. The molecule has 1 aromatic heterocycles. The normalized spacial score (nSPS) is 20.8. The largest absolute Gasteiger partial charge is 0.453 e. The fourth-order valence-electron chi connectivity index (χ4n) is 1.42. The number of carbonyl (C=O) groups is 1. The summed E-state index contributed by atoms with van der Waals surface area (Å²) in [6.07, 6.45) is 4.01. The number of carbonyl (C=O) groups excluding carboxylic acids is 1. The quantitative estimate of drug-likeness (QED) is 0.572. The molecular weight excluding hydrogens is 219 g/mol. The second kappa shape index (κ2) is 4.03. The van der Waals surface area contributed by atoms with E-state index >= 15 is 0 Å². The van der Waals surface area contributed by atoms with Crippen molar-refractivity contribution in [2.45, 2.75) is 11.8 Å². The van der Waals surface area contributed by atoms with Gasteiger partial charge >= 0.3 is 0 Å². The number of hydrogen-bond acceptors (Lipinski definition) is 2. The lowest BCUT2D eigenvalue weighted by atomic mass is 10.0. The number of alkyl halides is 1. The van der Waals surface area contributed by atoms with Gasteiger partial charge in [0, 0.05) is 12.0 Å². The first-order chi connectivity index (χ1) is 7.20. The molecule has 4 heteroatoms. The smallest absolute Gasteiger partial charge is 0.185 e. The number of furan rings is 1. The van der Waals surface area contributed by atoms with Crippen LogP contribution in [0.15, 0.2) is 34.5 Å². The van der Waals surface area contributed by atoms with Crippen LogP contribution in [0.2, 0.25) is 0 Å². The van der Waals surface area contributed by atoms with Crippen molar-refractivity contribution in [3.63, 3.8) is 0 Å². The van der Waals surface area contributed by atoms with Gasteiger partial charge in [-0.05, 0) is 12.1 Å². The summed E-state index contributed by atoms with van der Waals surface area (Å²) in [6.45, 7) is 0. The van der Waals surface area contributed by atoms with E-state index in [0.717, 1.165) is 0 Å².